The first kappa shape index (κ1) is 14.7. The van der Waals surface area contributed by atoms with E-state index in [1.54, 1.807) is 18.2 Å². The number of nitrogen functional groups attached to an aromatic ring is 1. The molecule has 5 heteroatoms. The molecule has 1 spiro atoms. The average Bonchev–Trinajstić information content (AvgIpc) is 2.89. The molecule has 1 atom stereocenters. The molecule has 1 heterocycles. The third-order valence-corrected chi connectivity index (χ3v) is 4.79. The molecule has 0 bridgehead atoms. The van der Waals surface area contributed by atoms with Crippen molar-refractivity contribution in [2.24, 2.45) is 5.73 Å². The number of ether oxygens (including phenoxy) is 2. The van der Waals surface area contributed by atoms with Gasteiger partial charge < -0.3 is 15.2 Å². The van der Waals surface area contributed by atoms with Crippen LogP contribution in [-0.4, -0.2) is 24.1 Å². The summed E-state index contributed by atoms with van der Waals surface area (Å²) in [6.45, 7) is 0.758. The molecule has 0 aromatic heterocycles. The summed E-state index contributed by atoms with van der Waals surface area (Å²) in [5.41, 5.74) is 6.12. The lowest BCUT2D eigenvalue weighted by Gasteiger charge is -2.38. The summed E-state index contributed by atoms with van der Waals surface area (Å²) in [7, 11) is 0. The lowest BCUT2D eigenvalue weighted by molar-refractivity contribution is -0.108. The van der Waals surface area contributed by atoms with Crippen LogP contribution in [0.25, 0.3) is 0 Å². The predicted octanol–water partition coefficient (Wildman–Crippen LogP) is 3.49. The summed E-state index contributed by atoms with van der Waals surface area (Å²) in [4.78, 5) is 0. The normalized spacial score (nSPS) is 24.1. The molecular formula is C16H21ClN2O2. The maximum absolute atomic E-state index is 7.43. The summed E-state index contributed by atoms with van der Waals surface area (Å²) in [5, 5.41) is 7.94. The van der Waals surface area contributed by atoms with Gasteiger partial charge in [0, 0.05) is 18.4 Å². The van der Waals surface area contributed by atoms with E-state index < -0.39 is 0 Å². The maximum atomic E-state index is 7.43. The summed E-state index contributed by atoms with van der Waals surface area (Å²) in [6.07, 6.45) is 6.78. The molecule has 1 saturated carbocycles. The Labute approximate surface area is 130 Å². The van der Waals surface area contributed by atoms with E-state index in [0.29, 0.717) is 16.3 Å². The van der Waals surface area contributed by atoms with Crippen LogP contribution in [0.2, 0.25) is 5.02 Å². The fraction of sp³-hybridized carbons (Fsp3) is 0.562. The fourth-order valence-electron chi connectivity index (χ4n) is 3.39. The summed E-state index contributed by atoms with van der Waals surface area (Å²) in [5.74, 6) is 0.682. The van der Waals surface area contributed by atoms with Crippen LogP contribution < -0.4 is 10.5 Å². The lowest BCUT2D eigenvalue weighted by atomic mass is 9.90. The highest BCUT2D eigenvalue weighted by atomic mass is 35.5. The number of benzene rings is 1. The van der Waals surface area contributed by atoms with Crippen molar-refractivity contribution in [3.8, 4) is 5.75 Å². The second kappa shape index (κ2) is 5.85. The number of rotatable bonds is 3. The zero-order valence-electron chi connectivity index (χ0n) is 12.0. The topological polar surface area (TPSA) is 68.3 Å². The third-order valence-electron chi connectivity index (χ3n) is 4.50. The van der Waals surface area contributed by atoms with Crippen LogP contribution in [0.15, 0.2) is 18.2 Å². The minimum absolute atomic E-state index is 0.0134. The van der Waals surface area contributed by atoms with Gasteiger partial charge in [-0.2, -0.15) is 0 Å². The molecule has 1 saturated heterocycles. The zero-order chi connectivity index (χ0) is 14.9. The molecule has 3 N–H and O–H groups in total. The maximum Gasteiger partial charge on any atom is 0.138 e. The molecule has 0 radical (unpaired) electrons. The van der Waals surface area contributed by atoms with E-state index in [9.17, 15) is 0 Å². The second-order valence-electron chi connectivity index (χ2n) is 6.03. The Morgan fingerprint density at radius 3 is 2.81 bits per heavy atom. The smallest absolute Gasteiger partial charge is 0.138 e. The van der Waals surface area contributed by atoms with Crippen molar-refractivity contribution in [3.05, 3.63) is 28.8 Å². The van der Waals surface area contributed by atoms with Crippen molar-refractivity contribution in [1.29, 1.82) is 5.41 Å². The quantitative estimate of drug-likeness (QED) is 0.663. The molecule has 114 valence electrons. The Kier molecular flexibility index (Phi) is 4.09. The van der Waals surface area contributed by atoms with Gasteiger partial charge in [-0.25, -0.2) is 0 Å². The molecule has 21 heavy (non-hydrogen) atoms. The minimum atomic E-state index is 0.0134. The molecule has 1 aliphatic carbocycles. The highest BCUT2D eigenvalue weighted by molar-refractivity contribution is 6.32. The van der Waals surface area contributed by atoms with E-state index in [4.69, 9.17) is 32.2 Å². The zero-order valence-corrected chi connectivity index (χ0v) is 12.8. The summed E-state index contributed by atoms with van der Waals surface area (Å²) < 4.78 is 12.1. The van der Waals surface area contributed by atoms with E-state index in [-0.39, 0.29) is 17.5 Å². The second-order valence-corrected chi connectivity index (χ2v) is 6.44. The van der Waals surface area contributed by atoms with Crippen LogP contribution >= 0.6 is 11.6 Å². The first-order chi connectivity index (χ1) is 10.1. The van der Waals surface area contributed by atoms with Gasteiger partial charge in [0.05, 0.1) is 17.2 Å². The van der Waals surface area contributed by atoms with Crippen molar-refractivity contribution in [2.75, 3.05) is 6.61 Å². The SMILES string of the molecule is N=C(N)c1ccc(OC2CCOC3(CCCC3)C2)c(Cl)c1. The van der Waals surface area contributed by atoms with Crippen molar-refractivity contribution in [3.63, 3.8) is 0 Å². The molecule has 2 fully saturated rings. The number of hydrogen-bond donors (Lipinski definition) is 2. The van der Waals surface area contributed by atoms with Crippen LogP contribution in [0.5, 0.6) is 5.75 Å². The van der Waals surface area contributed by atoms with Crippen LogP contribution in [-0.2, 0) is 4.74 Å². The average molecular weight is 309 g/mol. The van der Waals surface area contributed by atoms with Gasteiger partial charge in [-0.05, 0) is 31.0 Å². The number of halogens is 1. The van der Waals surface area contributed by atoms with Crippen LogP contribution in [0.4, 0.5) is 0 Å². The van der Waals surface area contributed by atoms with Gasteiger partial charge in [0.2, 0.25) is 0 Å². The van der Waals surface area contributed by atoms with Gasteiger partial charge in [-0.15, -0.1) is 0 Å². The molecule has 1 unspecified atom stereocenters. The van der Waals surface area contributed by atoms with Gasteiger partial charge >= 0.3 is 0 Å². The standard InChI is InChI=1S/C16H21ClN2O2/c17-13-9-11(15(18)19)3-4-14(13)21-12-5-8-20-16(10-12)6-1-2-7-16/h3-4,9,12H,1-2,5-8,10H2,(H3,18,19). The lowest BCUT2D eigenvalue weighted by Crippen LogP contribution is -2.41. The molecule has 1 aliphatic heterocycles. The van der Waals surface area contributed by atoms with Crippen LogP contribution in [0.3, 0.4) is 0 Å². The van der Waals surface area contributed by atoms with E-state index in [1.807, 2.05) is 0 Å². The van der Waals surface area contributed by atoms with Crippen LogP contribution in [0.1, 0.15) is 44.1 Å². The Hall–Kier alpha value is -1.26. The van der Waals surface area contributed by atoms with Gasteiger partial charge in [-0.1, -0.05) is 24.4 Å². The number of nitrogens with one attached hydrogen (secondary N) is 1. The molecule has 1 aromatic carbocycles. The number of nitrogens with two attached hydrogens (primary N) is 1. The van der Waals surface area contributed by atoms with Crippen molar-refractivity contribution in [2.45, 2.75) is 50.2 Å². The van der Waals surface area contributed by atoms with Crippen LogP contribution in [0, 0.1) is 5.41 Å². The largest absolute Gasteiger partial charge is 0.489 e. The minimum Gasteiger partial charge on any atom is -0.489 e. The molecule has 0 amide bonds. The van der Waals surface area contributed by atoms with Crippen molar-refractivity contribution < 1.29 is 9.47 Å². The third kappa shape index (κ3) is 3.16. The first-order valence-electron chi connectivity index (χ1n) is 7.53. The van der Waals surface area contributed by atoms with Gasteiger partial charge in [0.15, 0.2) is 0 Å². The Balaban J connectivity index is 1.70. The van der Waals surface area contributed by atoms with Crippen molar-refractivity contribution >= 4 is 17.4 Å². The van der Waals surface area contributed by atoms with E-state index in [1.165, 1.54) is 12.8 Å². The highest BCUT2D eigenvalue weighted by Gasteiger charge is 2.40. The summed E-state index contributed by atoms with van der Waals surface area (Å²) >= 11 is 6.24. The Morgan fingerprint density at radius 2 is 2.14 bits per heavy atom. The monoisotopic (exact) mass is 308 g/mol. The molecule has 2 aliphatic rings. The number of amidine groups is 1. The van der Waals surface area contributed by atoms with E-state index >= 15 is 0 Å². The summed E-state index contributed by atoms with van der Waals surface area (Å²) in [6, 6.07) is 5.26. The van der Waals surface area contributed by atoms with E-state index in [2.05, 4.69) is 0 Å². The van der Waals surface area contributed by atoms with Gasteiger partial charge in [0.1, 0.15) is 17.7 Å². The van der Waals surface area contributed by atoms with Gasteiger partial charge in [0.25, 0.3) is 0 Å². The van der Waals surface area contributed by atoms with Gasteiger partial charge in [-0.3, -0.25) is 5.41 Å². The predicted molar refractivity (Wildman–Crippen MR) is 83.3 cm³/mol. The number of hydrogen-bond acceptors (Lipinski definition) is 3. The van der Waals surface area contributed by atoms with Crippen molar-refractivity contribution in [1.82, 2.24) is 0 Å². The highest BCUT2D eigenvalue weighted by Crippen LogP contribution is 2.41. The Bertz CT molecular complexity index is 541. The first-order valence-corrected chi connectivity index (χ1v) is 7.90. The molecule has 4 nitrogen and oxygen atoms in total. The van der Waals surface area contributed by atoms with E-state index in [0.717, 1.165) is 32.3 Å². The molecule has 3 rings (SSSR count). The molecular weight excluding hydrogens is 288 g/mol. The molecule has 1 aromatic rings. The fourth-order valence-corrected chi connectivity index (χ4v) is 3.62. The Morgan fingerprint density at radius 1 is 1.38 bits per heavy atom.